The molecule has 3 fully saturated rings. The SMILES string of the molecule is CC(C)(C)c1ccc(C2CCCN2C(=O)C2CC23CCNCC3)cc1.Cl. The van der Waals surface area contributed by atoms with Gasteiger partial charge in [-0.05, 0) is 67.2 Å². The number of hydrogen-bond donors (Lipinski definition) is 1. The third kappa shape index (κ3) is 3.53. The van der Waals surface area contributed by atoms with E-state index in [2.05, 4.69) is 55.3 Å². The molecule has 26 heavy (non-hydrogen) atoms. The van der Waals surface area contributed by atoms with Crippen molar-refractivity contribution in [3.8, 4) is 0 Å². The molecule has 2 heterocycles. The molecule has 1 aromatic carbocycles. The van der Waals surface area contributed by atoms with Gasteiger partial charge in [0.15, 0.2) is 0 Å². The van der Waals surface area contributed by atoms with Crippen LogP contribution in [-0.2, 0) is 10.2 Å². The molecule has 4 rings (SSSR count). The van der Waals surface area contributed by atoms with E-state index in [1.54, 1.807) is 0 Å². The van der Waals surface area contributed by atoms with Crippen molar-refractivity contribution in [1.29, 1.82) is 0 Å². The van der Waals surface area contributed by atoms with Gasteiger partial charge < -0.3 is 10.2 Å². The lowest BCUT2D eigenvalue weighted by molar-refractivity contribution is -0.134. The summed E-state index contributed by atoms with van der Waals surface area (Å²) in [6.07, 6.45) is 5.74. The predicted octanol–water partition coefficient (Wildman–Crippen LogP) is 4.46. The number of hydrogen-bond acceptors (Lipinski definition) is 2. The maximum Gasteiger partial charge on any atom is 0.226 e. The molecule has 1 amide bonds. The zero-order valence-electron chi connectivity index (χ0n) is 16.4. The van der Waals surface area contributed by atoms with E-state index in [4.69, 9.17) is 0 Å². The van der Waals surface area contributed by atoms with E-state index in [9.17, 15) is 4.79 Å². The summed E-state index contributed by atoms with van der Waals surface area (Å²) < 4.78 is 0. The van der Waals surface area contributed by atoms with Gasteiger partial charge in [0.1, 0.15) is 0 Å². The topological polar surface area (TPSA) is 32.3 Å². The summed E-state index contributed by atoms with van der Waals surface area (Å²) in [4.78, 5) is 15.4. The fraction of sp³-hybridized carbons (Fsp3) is 0.682. The van der Waals surface area contributed by atoms with Gasteiger partial charge >= 0.3 is 0 Å². The molecule has 2 aliphatic heterocycles. The molecule has 144 valence electrons. The van der Waals surface area contributed by atoms with E-state index in [0.29, 0.717) is 23.3 Å². The van der Waals surface area contributed by atoms with E-state index in [1.807, 2.05) is 0 Å². The number of likely N-dealkylation sites (tertiary alicyclic amines) is 1. The van der Waals surface area contributed by atoms with Crippen LogP contribution in [0.2, 0.25) is 0 Å². The number of carbonyl (C=O) groups excluding carboxylic acids is 1. The molecule has 0 radical (unpaired) electrons. The van der Waals surface area contributed by atoms with E-state index in [0.717, 1.165) is 38.9 Å². The normalized spacial score (nSPS) is 27.3. The Morgan fingerprint density at radius 3 is 2.42 bits per heavy atom. The van der Waals surface area contributed by atoms with Crippen LogP contribution in [0.15, 0.2) is 24.3 Å². The number of piperidine rings is 1. The molecule has 1 N–H and O–H groups in total. The lowest BCUT2D eigenvalue weighted by Crippen LogP contribution is -2.36. The van der Waals surface area contributed by atoms with Crippen molar-refractivity contribution in [2.75, 3.05) is 19.6 Å². The molecule has 4 heteroatoms. The van der Waals surface area contributed by atoms with Gasteiger partial charge in [-0.2, -0.15) is 0 Å². The average Bonchev–Trinajstić information content (AvgIpc) is 3.07. The number of benzene rings is 1. The van der Waals surface area contributed by atoms with E-state index in [-0.39, 0.29) is 17.8 Å². The lowest BCUT2D eigenvalue weighted by atomic mass is 9.86. The van der Waals surface area contributed by atoms with Crippen molar-refractivity contribution >= 4 is 18.3 Å². The number of rotatable bonds is 2. The van der Waals surface area contributed by atoms with Crippen LogP contribution in [0.1, 0.15) is 70.0 Å². The third-order valence-corrected chi connectivity index (χ3v) is 6.78. The lowest BCUT2D eigenvalue weighted by Gasteiger charge is -2.29. The van der Waals surface area contributed by atoms with Crippen molar-refractivity contribution in [3.05, 3.63) is 35.4 Å². The van der Waals surface area contributed by atoms with Crippen LogP contribution in [0.5, 0.6) is 0 Å². The van der Waals surface area contributed by atoms with Gasteiger partial charge in [0, 0.05) is 12.5 Å². The van der Waals surface area contributed by atoms with Gasteiger partial charge in [-0.3, -0.25) is 4.79 Å². The van der Waals surface area contributed by atoms with Crippen LogP contribution in [0.3, 0.4) is 0 Å². The summed E-state index contributed by atoms with van der Waals surface area (Å²) >= 11 is 0. The van der Waals surface area contributed by atoms with Crippen molar-refractivity contribution in [2.45, 2.75) is 64.3 Å². The van der Waals surface area contributed by atoms with Gasteiger partial charge in [0.25, 0.3) is 0 Å². The summed E-state index contributed by atoms with van der Waals surface area (Å²) in [5.74, 6) is 0.730. The molecule has 0 aromatic heterocycles. The standard InChI is InChI=1S/C22H32N2O.ClH/c1-21(2,3)17-8-6-16(7-9-17)19-5-4-14-24(19)20(25)18-15-22(18)10-12-23-13-11-22;/h6-9,18-19,23H,4-5,10-15H2,1-3H3;1H. The summed E-state index contributed by atoms with van der Waals surface area (Å²) in [6.45, 7) is 9.86. The number of nitrogens with zero attached hydrogens (tertiary/aromatic N) is 1. The second-order valence-electron chi connectivity index (χ2n) is 9.43. The summed E-state index contributed by atoms with van der Waals surface area (Å²) in [6, 6.07) is 9.30. The van der Waals surface area contributed by atoms with Crippen LogP contribution in [-0.4, -0.2) is 30.4 Å². The van der Waals surface area contributed by atoms with Gasteiger partial charge in [0.2, 0.25) is 5.91 Å². The number of amides is 1. The number of nitrogens with one attached hydrogen (secondary N) is 1. The summed E-state index contributed by atoms with van der Waals surface area (Å²) in [5, 5.41) is 3.44. The summed E-state index contributed by atoms with van der Waals surface area (Å²) in [7, 11) is 0. The highest BCUT2D eigenvalue weighted by Crippen LogP contribution is 2.59. The Morgan fingerprint density at radius 1 is 1.15 bits per heavy atom. The molecule has 2 saturated heterocycles. The zero-order chi connectivity index (χ0) is 17.7. The first-order valence-corrected chi connectivity index (χ1v) is 10.0. The molecule has 1 saturated carbocycles. The Kier molecular flexibility index (Phi) is 5.43. The van der Waals surface area contributed by atoms with Crippen LogP contribution in [0, 0.1) is 11.3 Å². The Morgan fingerprint density at radius 2 is 1.81 bits per heavy atom. The molecule has 2 unspecified atom stereocenters. The minimum atomic E-state index is 0. The van der Waals surface area contributed by atoms with Crippen molar-refractivity contribution in [3.63, 3.8) is 0 Å². The average molecular weight is 377 g/mol. The molecular weight excluding hydrogens is 344 g/mol. The van der Waals surface area contributed by atoms with Crippen molar-refractivity contribution < 1.29 is 4.79 Å². The molecule has 1 aliphatic carbocycles. The second-order valence-corrected chi connectivity index (χ2v) is 9.43. The zero-order valence-corrected chi connectivity index (χ0v) is 17.2. The summed E-state index contributed by atoms with van der Waals surface area (Å²) in [5.41, 5.74) is 3.20. The Labute approximate surface area is 164 Å². The van der Waals surface area contributed by atoms with Crippen LogP contribution in [0.25, 0.3) is 0 Å². The van der Waals surface area contributed by atoms with Gasteiger partial charge in [-0.15, -0.1) is 12.4 Å². The minimum absolute atomic E-state index is 0. The van der Waals surface area contributed by atoms with Crippen molar-refractivity contribution in [1.82, 2.24) is 10.2 Å². The molecular formula is C22H33ClN2O. The Balaban J connectivity index is 0.00000196. The molecule has 3 nitrogen and oxygen atoms in total. The molecule has 0 bridgehead atoms. The Bertz CT molecular complexity index is 643. The first kappa shape index (κ1) is 19.7. The molecule has 1 aromatic rings. The van der Waals surface area contributed by atoms with Crippen LogP contribution in [0.4, 0.5) is 0 Å². The maximum absolute atomic E-state index is 13.2. The first-order chi connectivity index (χ1) is 11.9. The smallest absolute Gasteiger partial charge is 0.226 e. The predicted molar refractivity (Wildman–Crippen MR) is 109 cm³/mol. The first-order valence-electron chi connectivity index (χ1n) is 10.0. The van der Waals surface area contributed by atoms with Crippen LogP contribution >= 0.6 is 12.4 Å². The van der Waals surface area contributed by atoms with Gasteiger partial charge in [-0.1, -0.05) is 45.0 Å². The fourth-order valence-electron chi connectivity index (χ4n) is 4.96. The highest BCUT2D eigenvalue weighted by atomic mass is 35.5. The third-order valence-electron chi connectivity index (χ3n) is 6.78. The van der Waals surface area contributed by atoms with Crippen molar-refractivity contribution in [2.24, 2.45) is 11.3 Å². The quantitative estimate of drug-likeness (QED) is 0.826. The maximum atomic E-state index is 13.2. The number of carbonyl (C=O) groups is 1. The van der Waals surface area contributed by atoms with E-state index in [1.165, 1.54) is 24.0 Å². The number of halogens is 1. The van der Waals surface area contributed by atoms with Crippen LogP contribution < -0.4 is 5.32 Å². The van der Waals surface area contributed by atoms with E-state index >= 15 is 0 Å². The molecule has 1 spiro atoms. The van der Waals surface area contributed by atoms with Gasteiger partial charge in [-0.25, -0.2) is 0 Å². The molecule has 3 aliphatic rings. The monoisotopic (exact) mass is 376 g/mol. The second kappa shape index (κ2) is 7.16. The largest absolute Gasteiger partial charge is 0.335 e. The minimum Gasteiger partial charge on any atom is -0.335 e. The Hall–Kier alpha value is -1.06. The van der Waals surface area contributed by atoms with Gasteiger partial charge in [0.05, 0.1) is 6.04 Å². The molecule has 2 atom stereocenters. The fourth-order valence-corrected chi connectivity index (χ4v) is 4.96. The van der Waals surface area contributed by atoms with E-state index < -0.39 is 0 Å². The highest BCUT2D eigenvalue weighted by Gasteiger charge is 2.59. The highest BCUT2D eigenvalue weighted by molar-refractivity contribution is 5.85.